The van der Waals surface area contributed by atoms with E-state index in [2.05, 4.69) is 11.9 Å². The molecule has 1 fully saturated rings. The van der Waals surface area contributed by atoms with Crippen molar-refractivity contribution in [3.8, 4) is 0 Å². The van der Waals surface area contributed by atoms with Gasteiger partial charge in [-0.25, -0.2) is 0 Å². The molecule has 0 amide bonds. The van der Waals surface area contributed by atoms with E-state index in [0.29, 0.717) is 6.61 Å². The van der Waals surface area contributed by atoms with Crippen LogP contribution in [0.5, 0.6) is 0 Å². The summed E-state index contributed by atoms with van der Waals surface area (Å²) in [5.74, 6) is 0.105. The molecule has 1 aliphatic carbocycles. The van der Waals surface area contributed by atoms with Gasteiger partial charge in [0.05, 0.1) is 6.61 Å². The number of carbonyl (C=O) groups excluding carboxylic acids is 1. The van der Waals surface area contributed by atoms with Crippen molar-refractivity contribution in [2.45, 2.75) is 25.8 Å². The number of esters is 1. The van der Waals surface area contributed by atoms with Crippen LogP contribution < -0.4 is 5.32 Å². The van der Waals surface area contributed by atoms with Gasteiger partial charge in [0.25, 0.3) is 0 Å². The van der Waals surface area contributed by atoms with Crippen molar-refractivity contribution in [3.63, 3.8) is 0 Å². The third kappa shape index (κ3) is 1.75. The Morgan fingerprint density at radius 1 is 1.77 bits per heavy atom. The molecule has 0 aromatic carbocycles. The fourth-order valence-electron chi connectivity index (χ4n) is 1.66. The van der Waals surface area contributed by atoms with Crippen molar-refractivity contribution in [3.05, 3.63) is 12.7 Å². The first-order valence-corrected chi connectivity index (χ1v) is 4.76. The minimum atomic E-state index is -0.452. The molecule has 0 aromatic heterocycles. The van der Waals surface area contributed by atoms with Gasteiger partial charge in [-0.3, -0.25) is 4.79 Å². The van der Waals surface area contributed by atoms with Crippen LogP contribution in [-0.2, 0) is 9.53 Å². The number of hydrogen-bond donors (Lipinski definition) is 1. The van der Waals surface area contributed by atoms with E-state index in [0.717, 1.165) is 13.0 Å². The molecule has 2 atom stereocenters. The molecule has 0 aromatic rings. The molecule has 0 bridgehead atoms. The first-order valence-electron chi connectivity index (χ1n) is 4.76. The smallest absolute Gasteiger partial charge is 0.326 e. The van der Waals surface area contributed by atoms with Crippen molar-refractivity contribution in [1.29, 1.82) is 0 Å². The Morgan fingerprint density at radius 2 is 2.46 bits per heavy atom. The molecule has 0 saturated heterocycles. The fourth-order valence-corrected chi connectivity index (χ4v) is 1.66. The highest BCUT2D eigenvalue weighted by Crippen LogP contribution is 2.45. The van der Waals surface area contributed by atoms with Gasteiger partial charge in [-0.05, 0) is 19.9 Å². The maximum absolute atomic E-state index is 11.6. The summed E-state index contributed by atoms with van der Waals surface area (Å²) in [5, 5.41) is 3.17. The van der Waals surface area contributed by atoms with E-state index >= 15 is 0 Å². The summed E-state index contributed by atoms with van der Waals surface area (Å²) in [4.78, 5) is 11.6. The van der Waals surface area contributed by atoms with Crippen LogP contribution in [0, 0.1) is 5.92 Å². The number of ether oxygens (including phenoxy) is 1. The van der Waals surface area contributed by atoms with Gasteiger partial charge in [0, 0.05) is 5.92 Å². The molecule has 3 nitrogen and oxygen atoms in total. The van der Waals surface area contributed by atoms with E-state index < -0.39 is 5.54 Å². The van der Waals surface area contributed by atoms with Crippen LogP contribution in [0.2, 0.25) is 0 Å². The van der Waals surface area contributed by atoms with Crippen molar-refractivity contribution in [1.82, 2.24) is 5.32 Å². The molecule has 3 heteroatoms. The van der Waals surface area contributed by atoms with E-state index in [-0.39, 0.29) is 11.9 Å². The minimum Gasteiger partial charge on any atom is -0.465 e. The monoisotopic (exact) mass is 183 g/mol. The van der Waals surface area contributed by atoms with E-state index in [1.54, 1.807) is 0 Å². The first-order chi connectivity index (χ1) is 6.21. The molecule has 0 radical (unpaired) electrons. The molecule has 0 heterocycles. The van der Waals surface area contributed by atoms with Crippen LogP contribution in [-0.4, -0.2) is 24.7 Å². The third-order valence-electron chi connectivity index (χ3n) is 2.43. The second-order valence-corrected chi connectivity index (χ2v) is 3.27. The van der Waals surface area contributed by atoms with Gasteiger partial charge in [0.2, 0.25) is 0 Å². The first kappa shape index (κ1) is 10.3. The quantitative estimate of drug-likeness (QED) is 0.512. The Labute approximate surface area is 79.2 Å². The van der Waals surface area contributed by atoms with E-state index in [4.69, 9.17) is 4.74 Å². The summed E-state index contributed by atoms with van der Waals surface area (Å²) in [6.07, 6.45) is 2.64. The average molecular weight is 183 g/mol. The van der Waals surface area contributed by atoms with E-state index in [1.165, 1.54) is 0 Å². The van der Waals surface area contributed by atoms with Gasteiger partial charge in [-0.15, -0.1) is 6.58 Å². The number of nitrogens with one attached hydrogen (secondary N) is 1. The van der Waals surface area contributed by atoms with Crippen molar-refractivity contribution < 1.29 is 9.53 Å². The topological polar surface area (TPSA) is 38.3 Å². The average Bonchev–Trinajstić information content (AvgIpc) is 2.81. The van der Waals surface area contributed by atoms with Crippen molar-refractivity contribution in [2.75, 3.05) is 13.2 Å². The van der Waals surface area contributed by atoms with Crippen molar-refractivity contribution >= 4 is 5.97 Å². The summed E-state index contributed by atoms with van der Waals surface area (Å²) in [6, 6.07) is 0. The molecule has 1 rings (SSSR count). The zero-order chi connectivity index (χ0) is 9.90. The lowest BCUT2D eigenvalue weighted by molar-refractivity contribution is -0.147. The molecular formula is C10H17NO2. The molecule has 1 N–H and O–H groups in total. The van der Waals surface area contributed by atoms with Crippen LogP contribution in [0.3, 0.4) is 0 Å². The lowest BCUT2D eigenvalue weighted by Crippen LogP contribution is -2.42. The molecule has 13 heavy (non-hydrogen) atoms. The van der Waals surface area contributed by atoms with Gasteiger partial charge in [0.15, 0.2) is 0 Å². The normalized spacial score (nSPS) is 31.1. The Hall–Kier alpha value is -0.830. The van der Waals surface area contributed by atoms with Crippen molar-refractivity contribution in [2.24, 2.45) is 5.92 Å². The molecule has 1 saturated carbocycles. The van der Waals surface area contributed by atoms with Gasteiger partial charge in [-0.1, -0.05) is 13.0 Å². The maximum atomic E-state index is 11.6. The Morgan fingerprint density at radius 3 is 2.85 bits per heavy atom. The van der Waals surface area contributed by atoms with Gasteiger partial charge in [-0.2, -0.15) is 0 Å². The van der Waals surface area contributed by atoms with Gasteiger partial charge < -0.3 is 10.1 Å². The van der Waals surface area contributed by atoms with Gasteiger partial charge >= 0.3 is 5.97 Å². The predicted octanol–water partition coefficient (Wildman–Crippen LogP) is 1.10. The number of likely N-dealkylation sites (N-methyl/N-ethyl adjacent to an activating group) is 1. The SMILES string of the molecule is C=CC1CC1(NCC)C(=O)OCC. The molecule has 0 aliphatic heterocycles. The third-order valence-corrected chi connectivity index (χ3v) is 2.43. The number of carbonyl (C=O) groups is 1. The van der Waals surface area contributed by atoms with Crippen LogP contribution in [0.1, 0.15) is 20.3 Å². The summed E-state index contributed by atoms with van der Waals surface area (Å²) in [7, 11) is 0. The summed E-state index contributed by atoms with van der Waals surface area (Å²) in [6.45, 7) is 8.72. The predicted molar refractivity (Wildman–Crippen MR) is 51.3 cm³/mol. The molecule has 2 unspecified atom stereocenters. The Bertz CT molecular complexity index is 215. The standard InChI is InChI=1S/C10H17NO2/c1-4-8-7-10(8,11-5-2)9(12)13-6-3/h4,8,11H,1,5-7H2,2-3H3. The largest absolute Gasteiger partial charge is 0.465 e. The van der Waals surface area contributed by atoms with E-state index in [9.17, 15) is 4.79 Å². The Kier molecular flexibility index (Phi) is 3.09. The molecule has 0 spiro atoms. The Balaban J connectivity index is 2.59. The van der Waals surface area contributed by atoms with Crippen LogP contribution in [0.4, 0.5) is 0 Å². The number of hydrogen-bond acceptors (Lipinski definition) is 3. The highest BCUT2D eigenvalue weighted by molar-refractivity contribution is 5.85. The lowest BCUT2D eigenvalue weighted by Gasteiger charge is -2.15. The van der Waals surface area contributed by atoms with E-state index in [1.807, 2.05) is 19.9 Å². The zero-order valence-electron chi connectivity index (χ0n) is 8.30. The molecule has 74 valence electrons. The zero-order valence-corrected chi connectivity index (χ0v) is 8.30. The highest BCUT2D eigenvalue weighted by Gasteiger charge is 2.59. The highest BCUT2D eigenvalue weighted by atomic mass is 16.5. The molecule has 1 aliphatic rings. The maximum Gasteiger partial charge on any atom is 0.326 e. The molecular weight excluding hydrogens is 166 g/mol. The second-order valence-electron chi connectivity index (χ2n) is 3.27. The van der Waals surface area contributed by atoms with Crippen LogP contribution in [0.15, 0.2) is 12.7 Å². The fraction of sp³-hybridized carbons (Fsp3) is 0.700. The summed E-state index contributed by atoms with van der Waals surface area (Å²) in [5.41, 5.74) is -0.452. The van der Waals surface area contributed by atoms with Crippen LogP contribution in [0.25, 0.3) is 0 Å². The lowest BCUT2D eigenvalue weighted by atomic mass is 10.2. The second kappa shape index (κ2) is 3.92. The number of rotatable bonds is 5. The summed E-state index contributed by atoms with van der Waals surface area (Å²) >= 11 is 0. The summed E-state index contributed by atoms with van der Waals surface area (Å²) < 4.78 is 5.00. The van der Waals surface area contributed by atoms with Gasteiger partial charge in [0.1, 0.15) is 5.54 Å². The van der Waals surface area contributed by atoms with Crippen LogP contribution >= 0.6 is 0 Å². The minimum absolute atomic E-state index is 0.137.